The van der Waals surface area contributed by atoms with E-state index in [1.54, 1.807) is 4.90 Å². The van der Waals surface area contributed by atoms with E-state index >= 15 is 0 Å². The van der Waals surface area contributed by atoms with E-state index in [9.17, 15) is 4.79 Å². The van der Waals surface area contributed by atoms with Crippen molar-refractivity contribution in [2.24, 2.45) is 5.73 Å². The molecule has 1 aliphatic heterocycles. The minimum Gasteiger partial charge on any atom is -0.447 e. The van der Waals surface area contributed by atoms with Gasteiger partial charge in [-0.1, -0.05) is 30.3 Å². The Balaban J connectivity index is 2.18. The average Bonchev–Trinajstić information content (AvgIpc) is 2.61. The summed E-state index contributed by atoms with van der Waals surface area (Å²) in [6.07, 6.45) is -0.272. The molecule has 1 amide bonds. The Morgan fingerprint density at radius 2 is 2.19 bits per heavy atom. The highest BCUT2D eigenvalue weighted by atomic mass is 16.6. The molecule has 86 valence electrons. The van der Waals surface area contributed by atoms with Crippen LogP contribution in [0.1, 0.15) is 18.5 Å². The number of carbonyl (C=O) groups excluding carboxylic acids is 1. The largest absolute Gasteiger partial charge is 0.447 e. The van der Waals surface area contributed by atoms with Gasteiger partial charge in [-0.15, -0.1) is 0 Å². The third-order valence-corrected chi connectivity index (χ3v) is 2.64. The van der Waals surface area contributed by atoms with Crippen LogP contribution in [0.2, 0.25) is 0 Å². The molecule has 0 saturated carbocycles. The lowest BCUT2D eigenvalue weighted by atomic mass is 10.1. The van der Waals surface area contributed by atoms with Crippen molar-refractivity contribution in [3.8, 4) is 0 Å². The molecule has 0 spiro atoms. The first-order valence-corrected chi connectivity index (χ1v) is 5.42. The first kappa shape index (κ1) is 11.0. The fourth-order valence-electron chi connectivity index (χ4n) is 1.91. The van der Waals surface area contributed by atoms with E-state index in [2.05, 4.69) is 0 Å². The lowest BCUT2D eigenvalue weighted by Crippen LogP contribution is -2.37. The van der Waals surface area contributed by atoms with Crippen molar-refractivity contribution in [3.05, 3.63) is 35.9 Å². The number of nitrogens with two attached hydrogens (primary N) is 1. The fraction of sp³-hybridized carbons (Fsp3) is 0.417. The highest BCUT2D eigenvalue weighted by Gasteiger charge is 2.34. The van der Waals surface area contributed by atoms with Crippen molar-refractivity contribution in [3.63, 3.8) is 0 Å². The quantitative estimate of drug-likeness (QED) is 0.840. The van der Waals surface area contributed by atoms with Crippen LogP contribution in [-0.4, -0.2) is 30.2 Å². The van der Waals surface area contributed by atoms with Crippen LogP contribution < -0.4 is 5.73 Å². The normalized spacial score (nSPS) is 22.0. The van der Waals surface area contributed by atoms with Crippen LogP contribution in [-0.2, 0) is 4.74 Å². The van der Waals surface area contributed by atoms with E-state index in [0.717, 1.165) is 5.56 Å². The molecule has 1 aromatic carbocycles. The van der Waals surface area contributed by atoms with Gasteiger partial charge in [-0.25, -0.2) is 4.79 Å². The molecule has 4 nitrogen and oxygen atoms in total. The van der Waals surface area contributed by atoms with Crippen LogP contribution in [0.25, 0.3) is 0 Å². The van der Waals surface area contributed by atoms with Crippen LogP contribution in [0.15, 0.2) is 30.3 Å². The number of nitrogens with zero attached hydrogens (tertiary/aromatic N) is 1. The Hall–Kier alpha value is -1.55. The summed E-state index contributed by atoms with van der Waals surface area (Å²) in [5, 5.41) is 0. The van der Waals surface area contributed by atoms with Crippen LogP contribution in [0, 0.1) is 0 Å². The zero-order chi connectivity index (χ0) is 11.5. The topological polar surface area (TPSA) is 55.6 Å². The SMILES string of the molecule is CC(N)CN1C(=O)OCC1c1ccccc1. The maximum absolute atomic E-state index is 11.5. The molecule has 2 N–H and O–H groups in total. The predicted octanol–water partition coefficient (Wildman–Crippen LogP) is 1.53. The van der Waals surface area contributed by atoms with Gasteiger partial charge >= 0.3 is 6.09 Å². The number of ether oxygens (including phenoxy) is 1. The maximum atomic E-state index is 11.5. The van der Waals surface area contributed by atoms with Gasteiger partial charge in [-0.05, 0) is 12.5 Å². The maximum Gasteiger partial charge on any atom is 0.410 e. The second kappa shape index (κ2) is 4.53. The second-order valence-electron chi connectivity index (χ2n) is 4.13. The fourth-order valence-corrected chi connectivity index (χ4v) is 1.91. The van der Waals surface area contributed by atoms with Crippen molar-refractivity contribution >= 4 is 6.09 Å². The van der Waals surface area contributed by atoms with Crippen molar-refractivity contribution in [1.82, 2.24) is 4.90 Å². The van der Waals surface area contributed by atoms with Crippen LogP contribution >= 0.6 is 0 Å². The Kier molecular flexibility index (Phi) is 3.10. The summed E-state index contributed by atoms with van der Waals surface area (Å²) in [6.45, 7) is 2.82. The molecule has 2 unspecified atom stereocenters. The molecule has 1 fully saturated rings. The summed E-state index contributed by atoms with van der Waals surface area (Å²) in [4.78, 5) is 13.2. The number of carbonyl (C=O) groups is 1. The van der Waals surface area contributed by atoms with Gasteiger partial charge in [0.2, 0.25) is 0 Å². The average molecular weight is 220 g/mol. The number of hydrogen-bond donors (Lipinski definition) is 1. The summed E-state index contributed by atoms with van der Waals surface area (Å²) in [6, 6.07) is 9.83. The summed E-state index contributed by atoms with van der Waals surface area (Å²) < 4.78 is 5.06. The molecule has 0 bridgehead atoms. The standard InChI is InChI=1S/C12H16N2O2/c1-9(13)7-14-11(8-16-12(14)15)10-5-3-2-4-6-10/h2-6,9,11H,7-8,13H2,1H3. The van der Waals surface area contributed by atoms with Gasteiger partial charge in [0, 0.05) is 12.6 Å². The van der Waals surface area contributed by atoms with E-state index in [1.165, 1.54) is 0 Å². The molecule has 0 radical (unpaired) electrons. The third kappa shape index (κ3) is 2.17. The summed E-state index contributed by atoms with van der Waals surface area (Å²) in [5.74, 6) is 0. The minimum atomic E-state index is -0.272. The lowest BCUT2D eigenvalue weighted by molar-refractivity contribution is 0.156. The molecule has 2 atom stereocenters. The van der Waals surface area contributed by atoms with Gasteiger partial charge in [0.15, 0.2) is 0 Å². The van der Waals surface area contributed by atoms with Gasteiger partial charge in [-0.3, -0.25) is 4.90 Å². The Morgan fingerprint density at radius 1 is 1.50 bits per heavy atom. The molecule has 1 saturated heterocycles. The Morgan fingerprint density at radius 3 is 2.81 bits per heavy atom. The summed E-state index contributed by atoms with van der Waals surface area (Å²) in [7, 11) is 0. The molecule has 0 aliphatic carbocycles. The van der Waals surface area contributed by atoms with Crippen molar-refractivity contribution < 1.29 is 9.53 Å². The molecule has 0 aromatic heterocycles. The van der Waals surface area contributed by atoms with E-state index in [-0.39, 0.29) is 18.2 Å². The molecule has 1 heterocycles. The highest BCUT2D eigenvalue weighted by Crippen LogP contribution is 2.27. The van der Waals surface area contributed by atoms with Crippen LogP contribution in [0.3, 0.4) is 0 Å². The summed E-state index contributed by atoms with van der Waals surface area (Å²) in [5.41, 5.74) is 6.82. The Bertz CT molecular complexity index is 365. The minimum absolute atomic E-state index is 0.000278. The third-order valence-electron chi connectivity index (χ3n) is 2.64. The van der Waals surface area contributed by atoms with Crippen LogP contribution in [0.4, 0.5) is 4.79 Å². The van der Waals surface area contributed by atoms with Crippen molar-refractivity contribution in [1.29, 1.82) is 0 Å². The van der Waals surface area contributed by atoms with Crippen molar-refractivity contribution in [2.45, 2.75) is 19.0 Å². The lowest BCUT2D eigenvalue weighted by Gasteiger charge is -2.23. The van der Waals surface area contributed by atoms with E-state index in [0.29, 0.717) is 13.2 Å². The molecule has 1 aromatic rings. The molecule has 16 heavy (non-hydrogen) atoms. The monoisotopic (exact) mass is 220 g/mol. The molecular formula is C12H16N2O2. The number of amides is 1. The van der Waals surface area contributed by atoms with Gasteiger partial charge in [0.05, 0.1) is 6.04 Å². The van der Waals surface area contributed by atoms with Gasteiger partial charge < -0.3 is 10.5 Å². The van der Waals surface area contributed by atoms with Crippen molar-refractivity contribution in [2.75, 3.05) is 13.2 Å². The number of benzene rings is 1. The zero-order valence-electron chi connectivity index (χ0n) is 9.30. The second-order valence-corrected chi connectivity index (χ2v) is 4.13. The predicted molar refractivity (Wildman–Crippen MR) is 60.9 cm³/mol. The van der Waals surface area contributed by atoms with Gasteiger partial charge in [0.1, 0.15) is 6.61 Å². The molecule has 1 aliphatic rings. The van der Waals surface area contributed by atoms with Crippen LogP contribution in [0.5, 0.6) is 0 Å². The highest BCUT2D eigenvalue weighted by molar-refractivity contribution is 5.70. The number of cyclic esters (lactones) is 1. The first-order chi connectivity index (χ1) is 7.68. The van der Waals surface area contributed by atoms with E-state index < -0.39 is 0 Å². The number of rotatable bonds is 3. The van der Waals surface area contributed by atoms with E-state index in [4.69, 9.17) is 10.5 Å². The first-order valence-electron chi connectivity index (χ1n) is 5.42. The Labute approximate surface area is 95.0 Å². The zero-order valence-corrected chi connectivity index (χ0v) is 9.30. The molecule has 4 heteroatoms. The molecular weight excluding hydrogens is 204 g/mol. The van der Waals surface area contributed by atoms with Gasteiger partial charge in [0.25, 0.3) is 0 Å². The smallest absolute Gasteiger partial charge is 0.410 e. The molecule has 2 rings (SSSR count). The van der Waals surface area contributed by atoms with E-state index in [1.807, 2.05) is 37.3 Å². The van der Waals surface area contributed by atoms with Gasteiger partial charge in [-0.2, -0.15) is 0 Å². The number of hydrogen-bond acceptors (Lipinski definition) is 3. The summed E-state index contributed by atoms with van der Waals surface area (Å²) >= 11 is 0.